The van der Waals surface area contributed by atoms with Gasteiger partial charge in [-0.2, -0.15) is 0 Å². The van der Waals surface area contributed by atoms with E-state index >= 15 is 0 Å². The molecule has 0 radical (unpaired) electrons. The van der Waals surface area contributed by atoms with Crippen LogP contribution in [-0.2, 0) is 18.4 Å². The Kier molecular flexibility index (Phi) is 43.9. The molecule has 0 aliphatic rings. The number of nitrogens with two attached hydrogens (primary N) is 1. The summed E-state index contributed by atoms with van der Waals surface area (Å²) in [5, 5.41) is 13.7. The second kappa shape index (κ2) is 45.5. The number of amides is 1. The van der Waals surface area contributed by atoms with E-state index in [1.54, 1.807) is 6.08 Å². The molecule has 0 fully saturated rings. The predicted molar refractivity (Wildman–Crippen MR) is 253 cm³/mol. The van der Waals surface area contributed by atoms with E-state index < -0.39 is 20.0 Å². The highest BCUT2D eigenvalue weighted by Gasteiger charge is 2.26. The van der Waals surface area contributed by atoms with Crippen LogP contribution in [0.5, 0.6) is 0 Å². The van der Waals surface area contributed by atoms with Gasteiger partial charge in [-0.25, -0.2) is 4.57 Å². The first-order valence-corrected chi connectivity index (χ1v) is 25.6. The number of phosphoric acid groups is 1. The maximum Gasteiger partial charge on any atom is 0.472 e. The Morgan fingerprint density at radius 3 is 1.42 bits per heavy atom. The minimum Gasteiger partial charge on any atom is -0.387 e. The Labute approximate surface area is 363 Å². The fraction of sp³-hybridized carbons (Fsp3) is 0.740. The zero-order valence-corrected chi connectivity index (χ0v) is 38.9. The summed E-state index contributed by atoms with van der Waals surface area (Å²) in [6.07, 6.45) is 59.6. The maximum absolute atomic E-state index is 12.8. The van der Waals surface area contributed by atoms with Gasteiger partial charge in [0.15, 0.2) is 0 Å². The molecule has 5 N–H and O–H groups in total. The largest absolute Gasteiger partial charge is 0.472 e. The highest BCUT2D eigenvalue weighted by molar-refractivity contribution is 7.47. The lowest BCUT2D eigenvalue weighted by Gasteiger charge is -2.23. The Hall–Kier alpha value is -2.06. The molecular formula is C50H91N2O6P. The lowest BCUT2D eigenvalue weighted by atomic mass is 10.1. The molecule has 0 heterocycles. The topological polar surface area (TPSA) is 131 Å². The first-order chi connectivity index (χ1) is 28.9. The van der Waals surface area contributed by atoms with E-state index in [2.05, 4.69) is 79.9 Å². The molecule has 0 aliphatic carbocycles. The number of aliphatic hydroxyl groups is 1. The maximum atomic E-state index is 12.8. The summed E-state index contributed by atoms with van der Waals surface area (Å²) in [6.45, 7) is 4.08. The van der Waals surface area contributed by atoms with Gasteiger partial charge >= 0.3 is 7.82 Å². The summed E-state index contributed by atoms with van der Waals surface area (Å²) < 4.78 is 22.2. The van der Waals surface area contributed by atoms with Crippen molar-refractivity contribution in [3.8, 4) is 0 Å². The van der Waals surface area contributed by atoms with E-state index in [9.17, 15) is 19.4 Å². The second-order valence-electron chi connectivity index (χ2n) is 15.9. The van der Waals surface area contributed by atoms with Gasteiger partial charge in [-0.1, -0.05) is 189 Å². The molecule has 0 aromatic carbocycles. The van der Waals surface area contributed by atoms with E-state index in [-0.39, 0.29) is 25.7 Å². The summed E-state index contributed by atoms with van der Waals surface area (Å²) in [7, 11) is -4.36. The highest BCUT2D eigenvalue weighted by Crippen LogP contribution is 2.43. The Bertz CT molecular complexity index is 1150. The van der Waals surface area contributed by atoms with Crippen molar-refractivity contribution in [2.45, 2.75) is 219 Å². The van der Waals surface area contributed by atoms with E-state index in [1.807, 2.05) is 6.08 Å². The number of nitrogens with one attached hydrogen (secondary N) is 1. The molecule has 0 rings (SSSR count). The second-order valence-corrected chi connectivity index (χ2v) is 17.4. The monoisotopic (exact) mass is 847 g/mol. The lowest BCUT2D eigenvalue weighted by molar-refractivity contribution is -0.123. The Balaban J connectivity index is 4.27. The van der Waals surface area contributed by atoms with E-state index in [0.717, 1.165) is 70.6 Å². The van der Waals surface area contributed by atoms with Crippen LogP contribution < -0.4 is 11.1 Å². The summed E-state index contributed by atoms with van der Waals surface area (Å²) in [5.41, 5.74) is 5.38. The molecular weight excluding hydrogens is 756 g/mol. The van der Waals surface area contributed by atoms with Crippen molar-refractivity contribution in [3.05, 3.63) is 72.9 Å². The average molecular weight is 847 g/mol. The molecule has 0 aromatic rings. The molecule has 0 saturated carbocycles. The standard InChI is InChI=1S/C50H91N2O6P/c1-3-5-7-9-11-13-15-17-19-21-23-24-26-28-30-32-34-36-38-40-42-44-50(54)52-48(47-58-59(55,56)57-46-45-51)49(53)43-41-39-37-35-33-31-29-27-25-22-20-18-16-14-12-10-8-6-4-2/h15,17,21,23,25-28,33,35,41,43,48-49,53H,3-14,16,18-20,22,24,29-32,34,36-40,42,44-47,51H2,1-2H3,(H,52,54)(H,55,56)/b17-15-,23-21-,27-25+,28-26-,35-33+,43-41+. The van der Waals surface area contributed by atoms with Crippen molar-refractivity contribution in [2.75, 3.05) is 19.8 Å². The number of rotatable bonds is 44. The number of carbonyl (C=O) groups is 1. The first-order valence-electron chi connectivity index (χ1n) is 24.1. The number of hydrogen-bond donors (Lipinski definition) is 4. The number of aliphatic hydroxyl groups excluding tert-OH is 1. The summed E-state index contributed by atoms with van der Waals surface area (Å²) in [6, 6.07) is -0.895. The van der Waals surface area contributed by atoms with Crippen molar-refractivity contribution in [3.63, 3.8) is 0 Å². The number of unbranched alkanes of at least 4 members (excludes halogenated alkanes) is 22. The smallest absolute Gasteiger partial charge is 0.387 e. The van der Waals surface area contributed by atoms with E-state index in [1.165, 1.54) is 116 Å². The predicted octanol–water partition coefficient (Wildman–Crippen LogP) is 14.0. The van der Waals surface area contributed by atoms with Gasteiger partial charge in [0.1, 0.15) is 0 Å². The normalized spacial score (nSPS) is 14.6. The van der Waals surface area contributed by atoms with Gasteiger partial charge in [-0.15, -0.1) is 0 Å². The third-order valence-electron chi connectivity index (χ3n) is 10.2. The molecule has 9 heteroatoms. The van der Waals surface area contributed by atoms with E-state index in [4.69, 9.17) is 14.8 Å². The Morgan fingerprint density at radius 2 is 0.949 bits per heavy atom. The van der Waals surface area contributed by atoms with Crippen molar-refractivity contribution in [1.29, 1.82) is 0 Å². The zero-order valence-electron chi connectivity index (χ0n) is 38.0. The lowest BCUT2D eigenvalue weighted by Crippen LogP contribution is -2.45. The molecule has 59 heavy (non-hydrogen) atoms. The molecule has 0 aliphatic heterocycles. The van der Waals surface area contributed by atoms with E-state index in [0.29, 0.717) is 6.42 Å². The average Bonchev–Trinajstić information content (AvgIpc) is 3.22. The molecule has 0 bridgehead atoms. The van der Waals surface area contributed by atoms with Gasteiger partial charge in [0.25, 0.3) is 0 Å². The zero-order chi connectivity index (χ0) is 43.2. The number of phosphoric ester groups is 1. The van der Waals surface area contributed by atoms with Crippen LogP contribution in [0.15, 0.2) is 72.9 Å². The highest BCUT2D eigenvalue weighted by atomic mass is 31.2. The van der Waals surface area contributed by atoms with Crippen molar-refractivity contribution < 1.29 is 28.4 Å². The number of allylic oxidation sites excluding steroid dienone is 11. The number of hydrogen-bond acceptors (Lipinski definition) is 6. The minimum absolute atomic E-state index is 0.0661. The first kappa shape index (κ1) is 56.9. The molecule has 1 amide bonds. The van der Waals surface area contributed by atoms with Crippen molar-refractivity contribution in [1.82, 2.24) is 5.32 Å². The van der Waals surface area contributed by atoms with Crippen LogP contribution in [0.25, 0.3) is 0 Å². The Morgan fingerprint density at radius 1 is 0.559 bits per heavy atom. The van der Waals surface area contributed by atoms with Crippen LogP contribution >= 0.6 is 7.82 Å². The molecule has 3 atom stereocenters. The number of carbonyl (C=O) groups excluding carboxylic acids is 1. The van der Waals surface area contributed by atoms with Gasteiger partial charge in [-0.05, 0) is 83.5 Å². The van der Waals surface area contributed by atoms with Crippen LogP contribution in [0, 0.1) is 0 Å². The van der Waals surface area contributed by atoms with Crippen LogP contribution in [0.3, 0.4) is 0 Å². The van der Waals surface area contributed by atoms with Crippen LogP contribution in [-0.4, -0.2) is 47.8 Å². The summed E-state index contributed by atoms with van der Waals surface area (Å²) in [5.74, 6) is -0.222. The quantitative estimate of drug-likeness (QED) is 0.0273. The van der Waals surface area contributed by atoms with Crippen LogP contribution in [0.2, 0.25) is 0 Å². The molecule has 0 saturated heterocycles. The SMILES string of the molecule is CCCCCCC/C=C\C/C=C\C/C=C\CCCCCCCCC(=O)NC(COP(=O)(O)OCCN)C(O)/C=C/CC/C=C/CC/C=C/CCCCCCCCCCC. The van der Waals surface area contributed by atoms with Crippen molar-refractivity contribution >= 4 is 13.7 Å². The molecule has 0 spiro atoms. The summed E-state index contributed by atoms with van der Waals surface area (Å²) in [4.78, 5) is 22.8. The van der Waals surface area contributed by atoms with Gasteiger partial charge in [0.2, 0.25) is 5.91 Å². The molecule has 3 unspecified atom stereocenters. The third-order valence-corrected chi connectivity index (χ3v) is 11.2. The third kappa shape index (κ3) is 43.8. The fourth-order valence-corrected chi connectivity index (χ4v) is 7.34. The summed E-state index contributed by atoms with van der Waals surface area (Å²) >= 11 is 0. The van der Waals surface area contributed by atoms with Gasteiger partial charge < -0.3 is 21.1 Å². The molecule has 0 aromatic heterocycles. The van der Waals surface area contributed by atoms with Gasteiger partial charge in [-0.3, -0.25) is 13.8 Å². The van der Waals surface area contributed by atoms with Crippen molar-refractivity contribution in [2.24, 2.45) is 5.73 Å². The molecule has 342 valence electrons. The van der Waals surface area contributed by atoms with Gasteiger partial charge in [0.05, 0.1) is 25.4 Å². The fourth-order valence-electron chi connectivity index (χ4n) is 6.58. The van der Waals surface area contributed by atoms with Crippen LogP contribution in [0.1, 0.15) is 206 Å². The van der Waals surface area contributed by atoms with Gasteiger partial charge in [0, 0.05) is 13.0 Å². The minimum atomic E-state index is -4.36. The van der Waals surface area contributed by atoms with Crippen LogP contribution in [0.4, 0.5) is 0 Å². The molecule has 8 nitrogen and oxygen atoms in total.